The highest BCUT2D eigenvalue weighted by Gasteiger charge is 2.57. The van der Waals surface area contributed by atoms with Crippen molar-refractivity contribution < 1.29 is 4.92 Å². The van der Waals surface area contributed by atoms with Gasteiger partial charge in [0.1, 0.15) is 5.84 Å². The maximum atomic E-state index is 11.1. The molecule has 2 atom stereocenters. The van der Waals surface area contributed by atoms with E-state index >= 15 is 0 Å². The molecule has 3 aromatic rings. The number of rotatable bonds is 4. The van der Waals surface area contributed by atoms with E-state index in [4.69, 9.17) is 4.99 Å². The highest BCUT2D eigenvalue weighted by atomic mass is 16.6. The van der Waals surface area contributed by atoms with Crippen LogP contribution in [0.15, 0.2) is 96.0 Å². The third-order valence-electron chi connectivity index (χ3n) is 6.17. The zero-order valence-electron chi connectivity index (χ0n) is 16.6. The molecule has 2 aliphatic heterocycles. The van der Waals surface area contributed by atoms with Crippen LogP contribution in [0.4, 0.5) is 5.69 Å². The largest absolute Gasteiger partial charge is 0.347 e. The molecule has 0 spiro atoms. The second-order valence-electron chi connectivity index (χ2n) is 7.86. The van der Waals surface area contributed by atoms with Crippen LogP contribution in [-0.2, 0) is 5.41 Å². The van der Waals surface area contributed by atoms with Crippen molar-refractivity contribution in [2.24, 2.45) is 4.99 Å². The monoisotopic (exact) mass is 395 g/mol. The van der Waals surface area contributed by atoms with E-state index in [2.05, 4.69) is 42.2 Å². The first kappa shape index (κ1) is 18.3. The van der Waals surface area contributed by atoms with Gasteiger partial charge in [-0.1, -0.05) is 72.8 Å². The number of aliphatic imine (C=N–C) groups is 1. The van der Waals surface area contributed by atoms with Crippen molar-refractivity contribution in [3.8, 4) is 0 Å². The predicted octanol–water partition coefficient (Wildman–Crippen LogP) is 5.36. The summed E-state index contributed by atoms with van der Waals surface area (Å²) in [5, 5.41) is 11.1. The van der Waals surface area contributed by atoms with Crippen LogP contribution in [0.3, 0.4) is 0 Å². The first-order chi connectivity index (χ1) is 14.6. The molecular weight excluding hydrogens is 374 g/mol. The van der Waals surface area contributed by atoms with Gasteiger partial charge in [0.25, 0.3) is 5.69 Å². The van der Waals surface area contributed by atoms with Crippen LogP contribution < -0.4 is 0 Å². The van der Waals surface area contributed by atoms with Crippen LogP contribution in [0.1, 0.15) is 29.7 Å². The minimum Gasteiger partial charge on any atom is -0.347 e. The fraction of sp³-hybridized carbons (Fsp3) is 0.160. The summed E-state index contributed by atoms with van der Waals surface area (Å²) in [6, 6.07) is 27.6. The van der Waals surface area contributed by atoms with Gasteiger partial charge in [0.2, 0.25) is 0 Å². The van der Waals surface area contributed by atoms with Crippen molar-refractivity contribution in [3.05, 3.63) is 118 Å². The SMILES string of the molecule is C[C@@]1(c2ccccc2)C2=NC(c3ccccc3)=CCN2[C@@H]1c1ccc([N+](=O)[O-])cc1. The van der Waals surface area contributed by atoms with E-state index in [1.807, 2.05) is 48.5 Å². The Morgan fingerprint density at radius 1 is 0.967 bits per heavy atom. The van der Waals surface area contributed by atoms with Gasteiger partial charge in [-0.25, -0.2) is 4.99 Å². The number of fused-ring (bicyclic) bond motifs is 1. The Kier molecular flexibility index (Phi) is 4.24. The Morgan fingerprint density at radius 3 is 2.23 bits per heavy atom. The smallest absolute Gasteiger partial charge is 0.269 e. The van der Waals surface area contributed by atoms with E-state index < -0.39 is 0 Å². The van der Waals surface area contributed by atoms with Gasteiger partial charge in [0.05, 0.1) is 22.1 Å². The fourth-order valence-corrected chi connectivity index (χ4v) is 4.66. The van der Waals surface area contributed by atoms with Crippen LogP contribution in [0.25, 0.3) is 5.70 Å². The normalized spacial score (nSPS) is 22.4. The molecule has 0 radical (unpaired) electrons. The molecule has 5 nitrogen and oxygen atoms in total. The van der Waals surface area contributed by atoms with Crippen molar-refractivity contribution in [3.63, 3.8) is 0 Å². The zero-order valence-corrected chi connectivity index (χ0v) is 16.6. The van der Waals surface area contributed by atoms with E-state index in [9.17, 15) is 10.1 Å². The molecule has 0 aromatic heterocycles. The third-order valence-corrected chi connectivity index (χ3v) is 6.17. The number of nitro benzene ring substituents is 1. The lowest BCUT2D eigenvalue weighted by Crippen LogP contribution is -2.65. The van der Waals surface area contributed by atoms with Crippen molar-refractivity contribution in [2.75, 3.05) is 6.54 Å². The van der Waals surface area contributed by atoms with Gasteiger partial charge in [-0.15, -0.1) is 0 Å². The lowest BCUT2D eigenvalue weighted by molar-refractivity contribution is -0.384. The summed E-state index contributed by atoms with van der Waals surface area (Å²) in [6.07, 6.45) is 2.15. The van der Waals surface area contributed by atoms with E-state index in [1.54, 1.807) is 12.1 Å². The Hall–Kier alpha value is -3.73. The van der Waals surface area contributed by atoms with Crippen molar-refractivity contribution >= 4 is 17.2 Å². The fourth-order valence-electron chi connectivity index (χ4n) is 4.66. The first-order valence-corrected chi connectivity index (χ1v) is 10.0. The molecule has 148 valence electrons. The van der Waals surface area contributed by atoms with E-state index in [0.29, 0.717) is 0 Å². The highest BCUT2D eigenvalue weighted by molar-refractivity contribution is 6.04. The highest BCUT2D eigenvalue weighted by Crippen LogP contribution is 2.53. The van der Waals surface area contributed by atoms with Crippen LogP contribution in [0, 0.1) is 10.1 Å². The van der Waals surface area contributed by atoms with Gasteiger partial charge >= 0.3 is 0 Å². The molecule has 5 heteroatoms. The summed E-state index contributed by atoms with van der Waals surface area (Å²) in [4.78, 5) is 18.1. The van der Waals surface area contributed by atoms with Gasteiger partial charge in [0, 0.05) is 18.7 Å². The average molecular weight is 395 g/mol. The van der Waals surface area contributed by atoms with E-state index in [1.165, 1.54) is 5.56 Å². The molecule has 0 saturated carbocycles. The minimum absolute atomic E-state index is 0.0630. The van der Waals surface area contributed by atoms with E-state index in [0.717, 1.165) is 29.2 Å². The van der Waals surface area contributed by atoms with E-state index in [-0.39, 0.29) is 22.1 Å². The maximum absolute atomic E-state index is 11.1. The number of benzene rings is 3. The number of nitrogens with zero attached hydrogens (tertiary/aromatic N) is 3. The topological polar surface area (TPSA) is 58.7 Å². The van der Waals surface area contributed by atoms with Crippen molar-refractivity contribution in [1.82, 2.24) is 4.90 Å². The van der Waals surface area contributed by atoms with Crippen LogP contribution in [0.2, 0.25) is 0 Å². The van der Waals surface area contributed by atoms with Gasteiger partial charge in [-0.2, -0.15) is 0 Å². The summed E-state index contributed by atoms with van der Waals surface area (Å²) in [7, 11) is 0. The van der Waals surface area contributed by atoms with Gasteiger partial charge < -0.3 is 4.90 Å². The molecule has 30 heavy (non-hydrogen) atoms. The van der Waals surface area contributed by atoms with Crippen molar-refractivity contribution in [2.45, 2.75) is 18.4 Å². The summed E-state index contributed by atoms with van der Waals surface area (Å²) < 4.78 is 0. The standard InChI is InChI=1S/C25H21N3O2/c1-25(20-10-6-3-7-11-20)23(19-12-14-21(15-13-19)28(29)30)27-17-16-22(26-24(25)27)18-8-4-2-5-9-18/h2-16,23H,17H2,1H3/t23-,25+/m1/s1. The molecule has 0 unspecified atom stereocenters. The molecule has 1 saturated heterocycles. The number of amidine groups is 1. The van der Waals surface area contributed by atoms with Gasteiger partial charge in [-0.05, 0) is 29.7 Å². The summed E-state index contributed by atoms with van der Waals surface area (Å²) in [5.41, 5.74) is 4.15. The second kappa shape index (κ2) is 6.95. The quantitative estimate of drug-likeness (QED) is 0.441. The lowest BCUT2D eigenvalue weighted by Gasteiger charge is -2.59. The summed E-state index contributed by atoms with van der Waals surface area (Å²) >= 11 is 0. The van der Waals surface area contributed by atoms with Crippen LogP contribution in [0.5, 0.6) is 0 Å². The number of nitro groups is 1. The Balaban J connectivity index is 1.59. The Bertz CT molecular complexity index is 1150. The average Bonchev–Trinajstić information content (AvgIpc) is 2.80. The molecule has 2 aliphatic rings. The molecule has 0 amide bonds. The molecule has 5 rings (SSSR count). The van der Waals surface area contributed by atoms with Crippen molar-refractivity contribution in [1.29, 1.82) is 0 Å². The zero-order chi connectivity index (χ0) is 20.7. The van der Waals surface area contributed by atoms with Gasteiger partial charge in [0.15, 0.2) is 0 Å². The first-order valence-electron chi connectivity index (χ1n) is 10.0. The molecule has 0 bridgehead atoms. The number of hydrogen-bond acceptors (Lipinski definition) is 4. The Labute approximate surface area is 175 Å². The number of non-ortho nitro benzene ring substituents is 1. The van der Waals surface area contributed by atoms with Gasteiger partial charge in [-0.3, -0.25) is 10.1 Å². The molecule has 3 aromatic carbocycles. The van der Waals surface area contributed by atoms with Crippen LogP contribution >= 0.6 is 0 Å². The lowest BCUT2D eigenvalue weighted by atomic mass is 9.64. The maximum Gasteiger partial charge on any atom is 0.269 e. The predicted molar refractivity (Wildman–Crippen MR) is 118 cm³/mol. The molecule has 0 N–H and O–H groups in total. The second-order valence-corrected chi connectivity index (χ2v) is 7.86. The molecule has 1 fully saturated rings. The summed E-state index contributed by atoms with van der Waals surface area (Å²) in [6.45, 7) is 2.98. The Morgan fingerprint density at radius 2 is 1.60 bits per heavy atom. The molecular formula is C25H21N3O2. The van der Waals surface area contributed by atoms with Crippen LogP contribution in [-0.4, -0.2) is 22.2 Å². The number of hydrogen-bond donors (Lipinski definition) is 0. The third kappa shape index (κ3) is 2.74. The minimum atomic E-state index is -0.358. The summed E-state index contributed by atoms with van der Waals surface area (Å²) in [5.74, 6) is 1.04. The molecule has 0 aliphatic carbocycles. The molecule has 2 heterocycles.